The smallest absolute Gasteiger partial charge is 0.119 e. The Bertz CT molecular complexity index is 415. The molecule has 2 aliphatic carbocycles. The lowest BCUT2D eigenvalue weighted by molar-refractivity contribution is 0.413. The molecule has 1 aromatic rings. The van der Waals surface area contributed by atoms with Gasteiger partial charge in [-0.3, -0.25) is 0 Å². The van der Waals surface area contributed by atoms with Gasteiger partial charge < -0.3 is 10.1 Å². The van der Waals surface area contributed by atoms with Crippen molar-refractivity contribution < 1.29 is 4.74 Å². The predicted octanol–water partition coefficient (Wildman–Crippen LogP) is 2.12. The van der Waals surface area contributed by atoms with Gasteiger partial charge in [-0.15, -0.1) is 0 Å². The van der Waals surface area contributed by atoms with Crippen molar-refractivity contribution in [2.45, 2.75) is 24.7 Å². The number of rotatable bonds is 3. The van der Waals surface area contributed by atoms with Crippen molar-refractivity contribution in [2.24, 2.45) is 5.92 Å². The van der Waals surface area contributed by atoms with Gasteiger partial charge in [0.2, 0.25) is 0 Å². The van der Waals surface area contributed by atoms with Crippen LogP contribution in [0.25, 0.3) is 0 Å². The Morgan fingerprint density at radius 3 is 3.12 bits per heavy atom. The summed E-state index contributed by atoms with van der Waals surface area (Å²) in [7, 11) is 3.80. The van der Waals surface area contributed by atoms with E-state index in [0.29, 0.717) is 5.41 Å². The van der Waals surface area contributed by atoms with Crippen molar-refractivity contribution in [1.82, 2.24) is 5.32 Å². The van der Waals surface area contributed by atoms with Crippen LogP contribution in [0.2, 0.25) is 0 Å². The Balaban J connectivity index is 1.93. The summed E-state index contributed by atoms with van der Waals surface area (Å²) >= 11 is 0. The molecule has 2 heteroatoms. The lowest BCUT2D eigenvalue weighted by Gasteiger charge is -2.12. The molecular weight excluding hydrogens is 198 g/mol. The Kier molecular flexibility index (Phi) is 2.21. The lowest BCUT2D eigenvalue weighted by atomic mass is 9.95. The second kappa shape index (κ2) is 3.49. The topological polar surface area (TPSA) is 21.3 Å². The molecule has 86 valence electrons. The zero-order valence-corrected chi connectivity index (χ0v) is 10.0. The Hall–Kier alpha value is -1.02. The van der Waals surface area contributed by atoms with Gasteiger partial charge in [-0.05, 0) is 62.0 Å². The number of hydrogen-bond acceptors (Lipinski definition) is 2. The maximum Gasteiger partial charge on any atom is 0.119 e. The molecule has 1 spiro atoms. The monoisotopic (exact) mass is 217 g/mol. The van der Waals surface area contributed by atoms with E-state index in [1.54, 1.807) is 18.2 Å². The van der Waals surface area contributed by atoms with Crippen LogP contribution in [0, 0.1) is 5.92 Å². The Labute approximate surface area is 97.0 Å². The summed E-state index contributed by atoms with van der Waals surface area (Å²) in [6.45, 7) is 1.15. The van der Waals surface area contributed by atoms with E-state index in [4.69, 9.17) is 4.74 Å². The first-order valence-electron chi connectivity index (χ1n) is 6.12. The molecule has 1 aromatic carbocycles. The van der Waals surface area contributed by atoms with Gasteiger partial charge in [-0.1, -0.05) is 6.07 Å². The fourth-order valence-corrected chi connectivity index (χ4v) is 3.39. The van der Waals surface area contributed by atoms with E-state index < -0.39 is 0 Å². The summed E-state index contributed by atoms with van der Waals surface area (Å²) in [5.41, 5.74) is 3.60. The van der Waals surface area contributed by atoms with Crippen LogP contribution in [0.1, 0.15) is 24.0 Å². The largest absolute Gasteiger partial charge is 0.497 e. The standard InChI is InChI=1S/C14H19NO/c1-15-9-11-8-14(11)6-5-10-3-4-12(16-2)7-13(10)14/h3-4,7,11,15H,5-6,8-9H2,1-2H3. The van der Waals surface area contributed by atoms with Gasteiger partial charge in [0, 0.05) is 5.41 Å². The van der Waals surface area contributed by atoms with Crippen molar-refractivity contribution in [2.75, 3.05) is 20.7 Å². The molecule has 16 heavy (non-hydrogen) atoms. The molecule has 2 unspecified atom stereocenters. The number of hydrogen-bond donors (Lipinski definition) is 1. The van der Waals surface area contributed by atoms with Gasteiger partial charge >= 0.3 is 0 Å². The molecule has 0 bridgehead atoms. The molecule has 0 saturated heterocycles. The highest BCUT2D eigenvalue weighted by Gasteiger charge is 2.57. The minimum Gasteiger partial charge on any atom is -0.497 e. The quantitative estimate of drug-likeness (QED) is 0.837. The van der Waals surface area contributed by atoms with E-state index in [0.717, 1.165) is 18.2 Å². The summed E-state index contributed by atoms with van der Waals surface area (Å²) in [6.07, 6.45) is 3.94. The highest BCUT2D eigenvalue weighted by Crippen LogP contribution is 2.61. The van der Waals surface area contributed by atoms with Gasteiger partial charge in [0.15, 0.2) is 0 Å². The zero-order valence-electron chi connectivity index (χ0n) is 10.0. The normalized spacial score (nSPS) is 30.5. The third-order valence-corrected chi connectivity index (χ3v) is 4.38. The third kappa shape index (κ3) is 1.29. The highest BCUT2D eigenvalue weighted by molar-refractivity contribution is 5.48. The fraction of sp³-hybridized carbons (Fsp3) is 0.571. The van der Waals surface area contributed by atoms with Crippen LogP contribution in [0.4, 0.5) is 0 Å². The second-order valence-electron chi connectivity index (χ2n) is 5.14. The molecule has 2 aliphatic rings. The van der Waals surface area contributed by atoms with Crippen molar-refractivity contribution >= 4 is 0 Å². The summed E-state index contributed by atoms with van der Waals surface area (Å²) < 4.78 is 5.34. The van der Waals surface area contributed by atoms with E-state index >= 15 is 0 Å². The zero-order chi connectivity index (χ0) is 11.2. The molecule has 2 atom stereocenters. The minimum absolute atomic E-state index is 0.493. The molecule has 0 heterocycles. The average Bonchev–Trinajstić information content (AvgIpc) is 2.88. The van der Waals surface area contributed by atoms with Crippen LogP contribution in [-0.4, -0.2) is 20.7 Å². The predicted molar refractivity (Wildman–Crippen MR) is 65.0 cm³/mol. The molecular formula is C14H19NO. The number of aryl methyl sites for hydroxylation is 1. The minimum atomic E-state index is 0.493. The van der Waals surface area contributed by atoms with Crippen LogP contribution >= 0.6 is 0 Å². The van der Waals surface area contributed by atoms with Crippen molar-refractivity contribution in [3.05, 3.63) is 29.3 Å². The molecule has 1 N–H and O–H groups in total. The molecule has 0 aliphatic heterocycles. The number of ether oxygens (including phenoxy) is 1. The molecule has 3 rings (SSSR count). The lowest BCUT2D eigenvalue weighted by Crippen LogP contribution is -2.16. The molecule has 2 nitrogen and oxygen atoms in total. The van der Waals surface area contributed by atoms with Crippen LogP contribution in [0.5, 0.6) is 5.75 Å². The molecule has 0 amide bonds. The Morgan fingerprint density at radius 1 is 1.50 bits per heavy atom. The molecule has 1 fully saturated rings. The number of nitrogens with one attached hydrogen (secondary N) is 1. The van der Waals surface area contributed by atoms with Gasteiger partial charge in [0.25, 0.3) is 0 Å². The van der Waals surface area contributed by atoms with Crippen LogP contribution in [0.3, 0.4) is 0 Å². The van der Waals surface area contributed by atoms with Gasteiger partial charge in [0.05, 0.1) is 7.11 Å². The van der Waals surface area contributed by atoms with Gasteiger partial charge in [0.1, 0.15) is 5.75 Å². The van der Waals surface area contributed by atoms with E-state index in [9.17, 15) is 0 Å². The first kappa shape index (κ1) is 10.2. The fourth-order valence-electron chi connectivity index (χ4n) is 3.39. The maximum absolute atomic E-state index is 5.34. The summed E-state index contributed by atoms with van der Waals surface area (Å²) in [4.78, 5) is 0. The third-order valence-electron chi connectivity index (χ3n) is 4.38. The average molecular weight is 217 g/mol. The maximum atomic E-state index is 5.34. The van der Waals surface area contributed by atoms with Gasteiger partial charge in [-0.2, -0.15) is 0 Å². The van der Waals surface area contributed by atoms with E-state index in [1.165, 1.54) is 19.3 Å². The van der Waals surface area contributed by atoms with Crippen LogP contribution in [0.15, 0.2) is 18.2 Å². The number of methoxy groups -OCH3 is 1. The molecule has 1 saturated carbocycles. The number of benzene rings is 1. The van der Waals surface area contributed by atoms with Crippen molar-refractivity contribution in [1.29, 1.82) is 0 Å². The van der Waals surface area contributed by atoms with Crippen molar-refractivity contribution in [3.8, 4) is 5.75 Å². The first-order valence-corrected chi connectivity index (χ1v) is 6.12. The second-order valence-corrected chi connectivity index (χ2v) is 5.14. The van der Waals surface area contributed by atoms with Crippen molar-refractivity contribution in [3.63, 3.8) is 0 Å². The SMILES string of the molecule is CNCC1CC12CCc1ccc(OC)cc12. The van der Waals surface area contributed by atoms with E-state index in [2.05, 4.69) is 23.5 Å². The molecule has 0 radical (unpaired) electrons. The molecule has 0 aromatic heterocycles. The summed E-state index contributed by atoms with van der Waals surface area (Å²) in [6, 6.07) is 6.60. The van der Waals surface area contributed by atoms with E-state index in [-0.39, 0.29) is 0 Å². The van der Waals surface area contributed by atoms with E-state index in [1.807, 2.05) is 7.05 Å². The van der Waals surface area contributed by atoms with Gasteiger partial charge in [-0.25, -0.2) is 0 Å². The first-order chi connectivity index (χ1) is 7.80. The number of fused-ring (bicyclic) bond motifs is 2. The summed E-state index contributed by atoms with van der Waals surface area (Å²) in [5, 5.41) is 3.31. The van der Waals surface area contributed by atoms with Crippen LogP contribution in [-0.2, 0) is 11.8 Å². The Morgan fingerprint density at radius 2 is 2.38 bits per heavy atom. The summed E-state index contributed by atoms with van der Waals surface area (Å²) in [5.74, 6) is 1.85. The highest BCUT2D eigenvalue weighted by atomic mass is 16.5. The van der Waals surface area contributed by atoms with Crippen LogP contribution < -0.4 is 10.1 Å².